The van der Waals surface area contributed by atoms with Gasteiger partial charge in [0.05, 0.1) is 19.9 Å². The van der Waals surface area contributed by atoms with Gasteiger partial charge in [-0.1, -0.05) is 17.3 Å². The van der Waals surface area contributed by atoms with Crippen LogP contribution in [0.5, 0.6) is 11.6 Å². The Morgan fingerprint density at radius 1 is 1.21 bits per heavy atom. The number of hydrogen-bond donors (Lipinski definition) is 1. The standard InChI is InChI=1S/C18H16N6O4/c1-26-13-4-2-3-12(11-13)17-22-21-15-5-6-16(23-24(15)17)27-10-9-19-18(25)14-7-8-20-28-14/h2-8,11H,9-10H2,1H3,(H,19,25). The largest absolute Gasteiger partial charge is 0.497 e. The summed E-state index contributed by atoms with van der Waals surface area (Å²) in [5.74, 6) is 1.45. The SMILES string of the molecule is COc1cccc(-c2nnc3ccc(OCCNC(=O)c4ccno4)nn23)c1. The van der Waals surface area contributed by atoms with Crippen molar-refractivity contribution in [2.24, 2.45) is 0 Å². The fourth-order valence-electron chi connectivity index (χ4n) is 2.53. The highest BCUT2D eigenvalue weighted by atomic mass is 16.5. The van der Waals surface area contributed by atoms with Crippen LogP contribution in [0.3, 0.4) is 0 Å². The average molecular weight is 380 g/mol. The predicted molar refractivity (Wildman–Crippen MR) is 97.1 cm³/mol. The maximum absolute atomic E-state index is 11.8. The second-order valence-electron chi connectivity index (χ2n) is 5.68. The van der Waals surface area contributed by atoms with Crippen LogP contribution in [-0.4, -0.2) is 51.1 Å². The molecule has 0 unspecified atom stereocenters. The van der Waals surface area contributed by atoms with Gasteiger partial charge in [0.15, 0.2) is 11.5 Å². The van der Waals surface area contributed by atoms with Crippen LogP contribution in [0.1, 0.15) is 10.6 Å². The van der Waals surface area contributed by atoms with Crippen molar-refractivity contribution >= 4 is 11.6 Å². The molecule has 0 spiro atoms. The van der Waals surface area contributed by atoms with Crippen LogP contribution >= 0.6 is 0 Å². The first-order valence-electron chi connectivity index (χ1n) is 8.43. The number of nitrogens with one attached hydrogen (secondary N) is 1. The summed E-state index contributed by atoms with van der Waals surface area (Å²) in [5, 5.41) is 18.9. The summed E-state index contributed by atoms with van der Waals surface area (Å²) in [5.41, 5.74) is 1.40. The maximum Gasteiger partial charge on any atom is 0.290 e. The number of rotatable bonds is 7. The van der Waals surface area contributed by atoms with Crippen molar-refractivity contribution in [3.05, 3.63) is 54.4 Å². The Balaban J connectivity index is 1.44. The van der Waals surface area contributed by atoms with E-state index in [0.717, 1.165) is 5.56 Å². The molecule has 0 saturated heterocycles. The number of nitrogens with zero attached hydrogens (tertiary/aromatic N) is 5. The van der Waals surface area contributed by atoms with Gasteiger partial charge in [-0.15, -0.1) is 15.3 Å². The normalized spacial score (nSPS) is 10.8. The first kappa shape index (κ1) is 17.5. The topological polar surface area (TPSA) is 117 Å². The highest BCUT2D eigenvalue weighted by Gasteiger charge is 2.12. The second kappa shape index (κ2) is 7.74. The number of carbonyl (C=O) groups is 1. The van der Waals surface area contributed by atoms with Crippen LogP contribution in [0.15, 0.2) is 53.2 Å². The van der Waals surface area contributed by atoms with Gasteiger partial charge in [0, 0.05) is 17.7 Å². The molecule has 1 amide bonds. The van der Waals surface area contributed by atoms with E-state index in [1.807, 2.05) is 24.3 Å². The summed E-state index contributed by atoms with van der Waals surface area (Å²) < 4.78 is 17.2. The Labute approximate surface area is 159 Å². The van der Waals surface area contributed by atoms with Gasteiger partial charge in [0.2, 0.25) is 11.6 Å². The number of benzene rings is 1. The third-order valence-electron chi connectivity index (χ3n) is 3.87. The van der Waals surface area contributed by atoms with Crippen molar-refractivity contribution in [3.8, 4) is 23.0 Å². The first-order chi connectivity index (χ1) is 13.7. The van der Waals surface area contributed by atoms with Gasteiger partial charge >= 0.3 is 0 Å². The second-order valence-corrected chi connectivity index (χ2v) is 5.68. The van der Waals surface area contributed by atoms with Gasteiger partial charge in [-0.2, -0.15) is 4.52 Å². The van der Waals surface area contributed by atoms with Crippen molar-refractivity contribution in [1.82, 2.24) is 30.3 Å². The molecule has 0 aliphatic heterocycles. The van der Waals surface area contributed by atoms with Crippen LogP contribution in [0, 0.1) is 0 Å². The fourth-order valence-corrected chi connectivity index (χ4v) is 2.53. The number of methoxy groups -OCH3 is 1. The quantitative estimate of drug-likeness (QED) is 0.481. The molecule has 0 saturated carbocycles. The zero-order valence-corrected chi connectivity index (χ0v) is 14.9. The fraction of sp³-hybridized carbons (Fsp3) is 0.167. The maximum atomic E-state index is 11.8. The lowest BCUT2D eigenvalue weighted by Crippen LogP contribution is -2.27. The Kier molecular flexibility index (Phi) is 4.83. The summed E-state index contributed by atoms with van der Waals surface area (Å²) in [6.45, 7) is 0.513. The van der Waals surface area contributed by atoms with Crippen LogP contribution < -0.4 is 14.8 Å². The van der Waals surface area contributed by atoms with Gasteiger partial charge in [0.25, 0.3) is 5.91 Å². The average Bonchev–Trinajstić information content (AvgIpc) is 3.41. The van der Waals surface area contributed by atoms with Crippen LogP contribution in [-0.2, 0) is 0 Å². The number of aromatic nitrogens is 5. The molecular weight excluding hydrogens is 364 g/mol. The van der Waals surface area contributed by atoms with E-state index < -0.39 is 0 Å². The summed E-state index contributed by atoms with van der Waals surface area (Å²) in [6, 6.07) is 12.4. The number of fused-ring (bicyclic) bond motifs is 1. The monoisotopic (exact) mass is 380 g/mol. The van der Waals surface area contributed by atoms with Gasteiger partial charge < -0.3 is 19.3 Å². The van der Waals surface area contributed by atoms with Gasteiger partial charge in [0.1, 0.15) is 12.4 Å². The summed E-state index contributed by atoms with van der Waals surface area (Å²) in [6.07, 6.45) is 1.41. The zero-order valence-electron chi connectivity index (χ0n) is 14.9. The lowest BCUT2D eigenvalue weighted by atomic mass is 10.2. The van der Waals surface area contributed by atoms with E-state index in [2.05, 4.69) is 25.8 Å². The third-order valence-corrected chi connectivity index (χ3v) is 3.87. The van der Waals surface area contributed by atoms with Gasteiger partial charge in [-0.05, 0) is 18.2 Å². The molecule has 142 valence electrons. The minimum absolute atomic E-state index is 0.145. The molecule has 1 aromatic carbocycles. The summed E-state index contributed by atoms with van der Waals surface area (Å²) in [4.78, 5) is 11.8. The van der Waals surface area contributed by atoms with Gasteiger partial charge in [-0.25, -0.2) is 0 Å². The predicted octanol–water partition coefficient (Wildman–Crippen LogP) is 1.60. The Hall–Kier alpha value is -3.95. The van der Waals surface area contributed by atoms with Crippen molar-refractivity contribution < 1.29 is 18.8 Å². The van der Waals surface area contributed by atoms with Crippen molar-refractivity contribution in [3.63, 3.8) is 0 Å². The van der Waals surface area contributed by atoms with E-state index >= 15 is 0 Å². The highest BCUT2D eigenvalue weighted by Crippen LogP contribution is 2.23. The molecule has 1 N–H and O–H groups in total. The van der Waals surface area contributed by atoms with E-state index in [1.165, 1.54) is 12.3 Å². The molecule has 3 aromatic heterocycles. The minimum Gasteiger partial charge on any atom is -0.497 e. The summed E-state index contributed by atoms with van der Waals surface area (Å²) >= 11 is 0. The van der Waals surface area contributed by atoms with E-state index in [1.54, 1.807) is 23.8 Å². The first-order valence-corrected chi connectivity index (χ1v) is 8.43. The number of carbonyl (C=O) groups excluding carboxylic acids is 1. The van der Waals surface area contributed by atoms with Crippen LogP contribution in [0.2, 0.25) is 0 Å². The molecule has 0 aliphatic rings. The molecule has 0 bridgehead atoms. The molecule has 4 aromatic rings. The molecule has 3 heterocycles. The molecular formula is C18H16N6O4. The van der Waals surface area contributed by atoms with Crippen molar-refractivity contribution in [1.29, 1.82) is 0 Å². The molecule has 4 rings (SSSR count). The lowest BCUT2D eigenvalue weighted by molar-refractivity contribution is 0.0909. The zero-order chi connectivity index (χ0) is 19.3. The smallest absolute Gasteiger partial charge is 0.290 e. The van der Waals surface area contributed by atoms with E-state index in [-0.39, 0.29) is 24.8 Å². The van der Waals surface area contributed by atoms with Gasteiger partial charge in [-0.3, -0.25) is 4.79 Å². The van der Waals surface area contributed by atoms with Crippen LogP contribution in [0.25, 0.3) is 17.0 Å². The Morgan fingerprint density at radius 3 is 2.96 bits per heavy atom. The van der Waals surface area contributed by atoms with E-state index in [9.17, 15) is 4.79 Å². The van der Waals surface area contributed by atoms with Crippen molar-refractivity contribution in [2.45, 2.75) is 0 Å². The molecule has 0 atom stereocenters. The highest BCUT2D eigenvalue weighted by molar-refractivity contribution is 5.91. The molecule has 0 fully saturated rings. The molecule has 10 heteroatoms. The third kappa shape index (κ3) is 3.61. The lowest BCUT2D eigenvalue weighted by Gasteiger charge is -2.07. The summed E-state index contributed by atoms with van der Waals surface area (Å²) in [7, 11) is 1.60. The van der Waals surface area contributed by atoms with Crippen molar-refractivity contribution in [2.75, 3.05) is 20.3 Å². The molecule has 10 nitrogen and oxygen atoms in total. The Morgan fingerprint density at radius 2 is 2.14 bits per heavy atom. The Bertz CT molecular complexity index is 1090. The number of hydrogen-bond acceptors (Lipinski definition) is 8. The molecule has 28 heavy (non-hydrogen) atoms. The molecule has 0 aliphatic carbocycles. The molecule has 0 radical (unpaired) electrons. The number of ether oxygens (including phenoxy) is 2. The van der Waals surface area contributed by atoms with Crippen LogP contribution in [0.4, 0.5) is 0 Å². The minimum atomic E-state index is -0.358. The van der Waals surface area contributed by atoms with E-state index in [0.29, 0.717) is 23.1 Å². The van der Waals surface area contributed by atoms with E-state index in [4.69, 9.17) is 14.0 Å². The number of amides is 1.